The molecule has 126 valence electrons. The van der Waals surface area contributed by atoms with Gasteiger partial charge in [-0.3, -0.25) is 0 Å². The number of anilines is 1. The Balaban J connectivity index is 1.56. The molecule has 0 aromatic heterocycles. The summed E-state index contributed by atoms with van der Waals surface area (Å²) in [5, 5.41) is 12.2. The fourth-order valence-electron chi connectivity index (χ4n) is 3.00. The molecule has 0 spiro atoms. The average Bonchev–Trinajstić information content (AvgIpc) is 3.26. The zero-order valence-electron chi connectivity index (χ0n) is 12.8. The number of nitrogens with zero attached hydrogens (tertiary/aromatic N) is 2. The van der Waals surface area contributed by atoms with Crippen LogP contribution >= 0.6 is 11.6 Å². The van der Waals surface area contributed by atoms with Gasteiger partial charge < -0.3 is 20.2 Å². The van der Waals surface area contributed by atoms with E-state index in [1.807, 2.05) is 0 Å². The smallest absolute Gasteiger partial charge is 0.318 e. The van der Waals surface area contributed by atoms with Crippen molar-refractivity contribution in [1.82, 2.24) is 10.2 Å². The van der Waals surface area contributed by atoms with E-state index < -0.39 is 5.82 Å². The van der Waals surface area contributed by atoms with Crippen molar-refractivity contribution < 1.29 is 14.3 Å². The number of aliphatic hydroxyl groups is 1. The van der Waals surface area contributed by atoms with Gasteiger partial charge in [0.25, 0.3) is 0 Å². The summed E-state index contributed by atoms with van der Waals surface area (Å²) in [4.78, 5) is 16.1. The SMILES string of the molecule is O=C(NC1CCN(c2ccc(F)c(Cl)c2)C1)N(CCO)C1CC1. The first-order chi connectivity index (χ1) is 11.1. The number of carbonyl (C=O) groups is 1. The average molecular weight is 342 g/mol. The van der Waals surface area contributed by atoms with Crippen LogP contribution in [-0.2, 0) is 0 Å². The van der Waals surface area contributed by atoms with Crippen LogP contribution in [0.5, 0.6) is 0 Å². The highest BCUT2D eigenvalue weighted by atomic mass is 35.5. The van der Waals surface area contributed by atoms with Gasteiger partial charge in [-0.1, -0.05) is 11.6 Å². The lowest BCUT2D eigenvalue weighted by molar-refractivity contribution is 0.171. The Bertz CT molecular complexity index is 582. The molecule has 0 radical (unpaired) electrons. The molecule has 2 fully saturated rings. The predicted octanol–water partition coefficient (Wildman–Crippen LogP) is 2.22. The quantitative estimate of drug-likeness (QED) is 0.863. The number of hydrogen-bond acceptors (Lipinski definition) is 3. The van der Waals surface area contributed by atoms with Gasteiger partial charge in [-0.05, 0) is 37.5 Å². The lowest BCUT2D eigenvalue weighted by atomic mass is 10.2. The Morgan fingerprint density at radius 1 is 1.43 bits per heavy atom. The minimum absolute atomic E-state index is 0.0191. The Labute approximate surface area is 140 Å². The van der Waals surface area contributed by atoms with Crippen molar-refractivity contribution in [1.29, 1.82) is 0 Å². The maximum atomic E-state index is 13.2. The van der Waals surface area contributed by atoms with Crippen molar-refractivity contribution in [2.45, 2.75) is 31.3 Å². The molecule has 0 bridgehead atoms. The van der Waals surface area contributed by atoms with Crippen molar-refractivity contribution in [2.75, 3.05) is 31.1 Å². The standard InChI is InChI=1S/C16H21ClFN3O2/c17-14-9-13(3-4-15(14)18)20-6-5-11(10-20)19-16(23)21(7-8-22)12-1-2-12/h3-4,9,11-12,22H,1-2,5-8,10H2,(H,19,23). The number of urea groups is 1. The highest BCUT2D eigenvalue weighted by Crippen LogP contribution is 2.28. The summed E-state index contributed by atoms with van der Waals surface area (Å²) < 4.78 is 13.2. The molecule has 1 aromatic rings. The first kappa shape index (κ1) is 16.3. The van der Waals surface area contributed by atoms with E-state index in [9.17, 15) is 9.18 Å². The molecule has 1 aromatic carbocycles. The predicted molar refractivity (Wildman–Crippen MR) is 87.4 cm³/mol. The number of benzene rings is 1. The summed E-state index contributed by atoms with van der Waals surface area (Å²) in [5.74, 6) is -0.427. The van der Waals surface area contributed by atoms with Gasteiger partial charge in [0.1, 0.15) is 5.82 Å². The molecular formula is C16H21ClFN3O2. The number of rotatable bonds is 5. The van der Waals surface area contributed by atoms with Crippen LogP contribution in [0, 0.1) is 5.82 Å². The number of carbonyl (C=O) groups excluding carboxylic acids is 1. The number of aliphatic hydroxyl groups excluding tert-OH is 1. The summed E-state index contributed by atoms with van der Waals surface area (Å²) in [6.45, 7) is 1.82. The van der Waals surface area contributed by atoms with Gasteiger partial charge in [-0.15, -0.1) is 0 Å². The first-order valence-electron chi connectivity index (χ1n) is 7.96. The minimum atomic E-state index is -0.427. The molecule has 2 amide bonds. The molecule has 1 heterocycles. The Morgan fingerprint density at radius 2 is 2.22 bits per heavy atom. The van der Waals surface area contributed by atoms with Gasteiger partial charge in [-0.25, -0.2) is 9.18 Å². The van der Waals surface area contributed by atoms with Crippen LogP contribution in [0.1, 0.15) is 19.3 Å². The molecular weight excluding hydrogens is 321 g/mol. The second kappa shape index (κ2) is 6.93. The van der Waals surface area contributed by atoms with Crippen molar-refractivity contribution in [3.63, 3.8) is 0 Å². The first-order valence-corrected chi connectivity index (χ1v) is 8.34. The molecule has 2 aliphatic rings. The van der Waals surface area contributed by atoms with E-state index in [2.05, 4.69) is 10.2 Å². The monoisotopic (exact) mass is 341 g/mol. The maximum absolute atomic E-state index is 13.2. The normalized spacial score (nSPS) is 20.7. The molecule has 1 atom stereocenters. The van der Waals surface area contributed by atoms with Gasteiger partial charge in [0.05, 0.1) is 11.6 Å². The number of halogens is 2. The van der Waals surface area contributed by atoms with E-state index in [-0.39, 0.29) is 29.7 Å². The van der Waals surface area contributed by atoms with E-state index in [1.165, 1.54) is 6.07 Å². The third-order valence-electron chi connectivity index (χ3n) is 4.37. The third kappa shape index (κ3) is 3.87. The summed E-state index contributed by atoms with van der Waals surface area (Å²) >= 11 is 5.83. The van der Waals surface area contributed by atoms with Crippen LogP contribution in [0.3, 0.4) is 0 Å². The largest absolute Gasteiger partial charge is 0.395 e. The molecule has 3 rings (SSSR count). The van der Waals surface area contributed by atoms with Crippen molar-refractivity contribution in [3.05, 3.63) is 29.0 Å². The van der Waals surface area contributed by atoms with Crippen molar-refractivity contribution in [3.8, 4) is 0 Å². The summed E-state index contributed by atoms with van der Waals surface area (Å²) in [7, 11) is 0. The fourth-order valence-corrected chi connectivity index (χ4v) is 3.17. The van der Waals surface area contributed by atoms with Crippen molar-refractivity contribution >= 4 is 23.3 Å². The number of hydrogen-bond donors (Lipinski definition) is 2. The highest BCUT2D eigenvalue weighted by molar-refractivity contribution is 6.31. The number of nitrogens with one attached hydrogen (secondary N) is 1. The van der Waals surface area contributed by atoms with Gasteiger partial charge >= 0.3 is 6.03 Å². The second-order valence-electron chi connectivity index (χ2n) is 6.13. The molecule has 1 saturated carbocycles. The molecule has 1 aliphatic heterocycles. The molecule has 1 aliphatic carbocycles. The minimum Gasteiger partial charge on any atom is -0.395 e. The zero-order valence-corrected chi connectivity index (χ0v) is 13.6. The van der Waals surface area contributed by atoms with Gasteiger partial charge in [0.15, 0.2) is 0 Å². The third-order valence-corrected chi connectivity index (χ3v) is 4.66. The van der Waals surface area contributed by atoms with E-state index in [0.717, 1.165) is 31.5 Å². The summed E-state index contributed by atoms with van der Waals surface area (Å²) in [6.07, 6.45) is 2.86. The Morgan fingerprint density at radius 3 is 2.87 bits per heavy atom. The van der Waals surface area contributed by atoms with Crippen LogP contribution in [0.4, 0.5) is 14.9 Å². The topological polar surface area (TPSA) is 55.8 Å². The second-order valence-corrected chi connectivity index (χ2v) is 6.53. The molecule has 1 saturated heterocycles. The fraction of sp³-hybridized carbons (Fsp3) is 0.562. The van der Waals surface area contributed by atoms with E-state index in [4.69, 9.17) is 16.7 Å². The molecule has 23 heavy (non-hydrogen) atoms. The van der Waals surface area contributed by atoms with Gasteiger partial charge in [-0.2, -0.15) is 0 Å². The Kier molecular flexibility index (Phi) is 4.92. The van der Waals surface area contributed by atoms with Gasteiger partial charge in [0.2, 0.25) is 0 Å². The van der Waals surface area contributed by atoms with Crippen LogP contribution in [0.2, 0.25) is 5.02 Å². The summed E-state index contributed by atoms with van der Waals surface area (Å²) in [5.41, 5.74) is 0.863. The van der Waals surface area contributed by atoms with Crippen LogP contribution in [0.25, 0.3) is 0 Å². The maximum Gasteiger partial charge on any atom is 0.318 e. The molecule has 2 N–H and O–H groups in total. The van der Waals surface area contributed by atoms with E-state index in [0.29, 0.717) is 13.1 Å². The highest BCUT2D eigenvalue weighted by Gasteiger charge is 2.34. The molecule has 7 heteroatoms. The van der Waals surface area contributed by atoms with E-state index >= 15 is 0 Å². The zero-order chi connectivity index (χ0) is 16.4. The van der Waals surface area contributed by atoms with Crippen LogP contribution in [-0.4, -0.2) is 54.4 Å². The van der Waals surface area contributed by atoms with Crippen LogP contribution < -0.4 is 10.2 Å². The van der Waals surface area contributed by atoms with Crippen LogP contribution in [0.15, 0.2) is 18.2 Å². The van der Waals surface area contributed by atoms with E-state index in [1.54, 1.807) is 17.0 Å². The Hall–Kier alpha value is -1.53. The van der Waals surface area contributed by atoms with Gasteiger partial charge in [0, 0.05) is 37.4 Å². The summed E-state index contributed by atoms with van der Waals surface area (Å²) in [6, 6.07) is 4.89. The number of amides is 2. The lowest BCUT2D eigenvalue weighted by Gasteiger charge is -2.24. The lowest BCUT2D eigenvalue weighted by Crippen LogP contribution is -2.47. The molecule has 1 unspecified atom stereocenters. The van der Waals surface area contributed by atoms with Crippen molar-refractivity contribution in [2.24, 2.45) is 0 Å². The molecule has 5 nitrogen and oxygen atoms in total.